The van der Waals surface area contributed by atoms with Gasteiger partial charge in [-0.15, -0.1) is 0 Å². The van der Waals surface area contributed by atoms with Gasteiger partial charge in [0.05, 0.1) is 4.47 Å². The van der Waals surface area contributed by atoms with E-state index in [1.165, 1.54) is 6.07 Å². The van der Waals surface area contributed by atoms with E-state index in [1.54, 1.807) is 0 Å². The number of nitrogens with two attached hydrogens (primary N) is 1. The molecule has 1 aromatic carbocycles. The summed E-state index contributed by atoms with van der Waals surface area (Å²) in [5, 5.41) is 8.78. The van der Waals surface area contributed by atoms with Gasteiger partial charge in [0.15, 0.2) is 0 Å². The molecule has 0 aliphatic carbocycles. The fraction of sp³-hybridized carbons (Fsp3) is 0.222. The molecule has 1 rings (SSSR count). The van der Waals surface area contributed by atoms with Crippen LogP contribution in [0.2, 0.25) is 5.02 Å². The van der Waals surface area contributed by atoms with Crippen LogP contribution in [0, 0.1) is 5.82 Å². The summed E-state index contributed by atoms with van der Waals surface area (Å²) in [5.41, 5.74) is 5.84. The zero-order valence-electron chi connectivity index (χ0n) is 7.51. The standard InChI is InChI=1S/C9H8BrClFNO2/c10-5-1-4(2-8(13)9(14)15)6(11)3-7(5)12/h1,3,8H,2,13H2,(H,14,15). The fourth-order valence-corrected chi connectivity index (χ4v) is 1.66. The molecule has 3 N–H and O–H groups in total. The molecule has 0 saturated heterocycles. The summed E-state index contributed by atoms with van der Waals surface area (Å²) < 4.78 is 13.2. The number of aliphatic carboxylic acids is 1. The van der Waals surface area contributed by atoms with Crippen molar-refractivity contribution in [3.63, 3.8) is 0 Å². The van der Waals surface area contributed by atoms with E-state index in [2.05, 4.69) is 15.9 Å². The molecule has 82 valence electrons. The van der Waals surface area contributed by atoms with Gasteiger partial charge in [-0.1, -0.05) is 11.6 Å². The van der Waals surface area contributed by atoms with Crippen molar-refractivity contribution in [2.24, 2.45) is 5.73 Å². The number of halogens is 3. The molecule has 3 nitrogen and oxygen atoms in total. The van der Waals surface area contributed by atoms with Gasteiger partial charge in [-0.2, -0.15) is 0 Å². The van der Waals surface area contributed by atoms with E-state index < -0.39 is 17.8 Å². The van der Waals surface area contributed by atoms with E-state index in [9.17, 15) is 9.18 Å². The van der Waals surface area contributed by atoms with Crippen molar-refractivity contribution in [3.05, 3.63) is 33.0 Å². The topological polar surface area (TPSA) is 63.3 Å². The average Bonchev–Trinajstić information content (AvgIpc) is 2.13. The summed E-state index contributed by atoms with van der Waals surface area (Å²) in [6.45, 7) is 0. The molecule has 0 aliphatic heterocycles. The van der Waals surface area contributed by atoms with Gasteiger partial charge >= 0.3 is 5.97 Å². The van der Waals surface area contributed by atoms with E-state index in [0.717, 1.165) is 6.07 Å². The van der Waals surface area contributed by atoms with Gasteiger partial charge in [0.25, 0.3) is 0 Å². The summed E-state index contributed by atoms with van der Waals surface area (Å²) >= 11 is 8.73. The zero-order valence-corrected chi connectivity index (χ0v) is 9.85. The lowest BCUT2D eigenvalue weighted by molar-refractivity contribution is -0.138. The maximum atomic E-state index is 13.0. The van der Waals surface area contributed by atoms with Crippen molar-refractivity contribution in [2.45, 2.75) is 12.5 Å². The van der Waals surface area contributed by atoms with Crippen molar-refractivity contribution >= 4 is 33.5 Å². The molecule has 0 fully saturated rings. The third-order valence-electron chi connectivity index (χ3n) is 1.85. The van der Waals surface area contributed by atoms with E-state index in [1.807, 2.05) is 0 Å². The Bertz CT molecular complexity index is 400. The van der Waals surface area contributed by atoms with Crippen LogP contribution in [-0.2, 0) is 11.2 Å². The minimum absolute atomic E-state index is 0.0625. The van der Waals surface area contributed by atoms with Crippen LogP contribution in [0.4, 0.5) is 4.39 Å². The molecule has 0 amide bonds. The van der Waals surface area contributed by atoms with E-state index >= 15 is 0 Å². The second-order valence-electron chi connectivity index (χ2n) is 3.01. The molecule has 0 spiro atoms. The number of rotatable bonds is 3. The summed E-state index contributed by atoms with van der Waals surface area (Å²) in [5.74, 6) is -1.61. The lowest BCUT2D eigenvalue weighted by Gasteiger charge is -2.09. The molecule has 1 atom stereocenters. The first-order valence-corrected chi connectivity index (χ1v) is 5.20. The third-order valence-corrected chi connectivity index (χ3v) is 2.81. The summed E-state index contributed by atoms with van der Waals surface area (Å²) in [6, 6.07) is 1.51. The number of carbonyl (C=O) groups is 1. The highest BCUT2D eigenvalue weighted by atomic mass is 79.9. The quantitative estimate of drug-likeness (QED) is 0.841. The summed E-state index contributed by atoms with van der Waals surface area (Å²) in [7, 11) is 0. The maximum absolute atomic E-state index is 13.0. The van der Waals surface area contributed by atoms with Crippen LogP contribution < -0.4 is 5.73 Å². The minimum atomic E-state index is -1.12. The second-order valence-corrected chi connectivity index (χ2v) is 4.27. The fourth-order valence-electron chi connectivity index (χ4n) is 1.04. The lowest BCUT2D eigenvalue weighted by Crippen LogP contribution is -2.32. The van der Waals surface area contributed by atoms with Gasteiger partial charge in [-0.05, 0) is 40.0 Å². The summed E-state index contributed by atoms with van der Waals surface area (Å²) in [6.07, 6.45) is 0.0625. The number of benzene rings is 1. The molecule has 0 heterocycles. The molecular weight excluding hydrogens is 288 g/mol. The van der Waals surface area contributed by atoms with Crippen LogP contribution in [-0.4, -0.2) is 17.1 Å². The molecule has 0 bridgehead atoms. The van der Waals surface area contributed by atoms with Crippen LogP contribution in [0.1, 0.15) is 5.56 Å². The highest BCUT2D eigenvalue weighted by Crippen LogP contribution is 2.25. The molecule has 6 heteroatoms. The first-order valence-electron chi connectivity index (χ1n) is 4.03. The Hall–Kier alpha value is -0.650. The van der Waals surface area contributed by atoms with Gasteiger partial charge in [0.2, 0.25) is 0 Å². The van der Waals surface area contributed by atoms with E-state index in [0.29, 0.717) is 5.56 Å². The highest BCUT2D eigenvalue weighted by Gasteiger charge is 2.15. The second kappa shape index (κ2) is 4.92. The van der Waals surface area contributed by atoms with Crippen LogP contribution in [0.15, 0.2) is 16.6 Å². The van der Waals surface area contributed by atoms with E-state index in [-0.39, 0.29) is 15.9 Å². The number of hydrogen-bond acceptors (Lipinski definition) is 2. The number of carboxylic acid groups (broad SMARTS) is 1. The number of hydrogen-bond donors (Lipinski definition) is 2. The van der Waals surface area contributed by atoms with Gasteiger partial charge < -0.3 is 10.8 Å². The molecule has 1 unspecified atom stereocenters. The van der Waals surface area contributed by atoms with Crippen LogP contribution in [0.3, 0.4) is 0 Å². The molecule has 0 radical (unpaired) electrons. The van der Waals surface area contributed by atoms with Crippen LogP contribution >= 0.6 is 27.5 Å². The smallest absolute Gasteiger partial charge is 0.320 e. The Labute approximate surface area is 99.2 Å². The Balaban J connectivity index is 2.95. The van der Waals surface area contributed by atoms with Crippen molar-refractivity contribution in [2.75, 3.05) is 0 Å². The van der Waals surface area contributed by atoms with Crippen molar-refractivity contribution in [1.29, 1.82) is 0 Å². The predicted octanol–water partition coefficient (Wildman–Crippen LogP) is 2.20. The number of carboxylic acids is 1. The first kappa shape index (κ1) is 12.4. The molecule has 0 aliphatic rings. The Morgan fingerprint density at radius 2 is 2.27 bits per heavy atom. The van der Waals surface area contributed by atoms with E-state index in [4.69, 9.17) is 22.4 Å². The molecular formula is C9H8BrClFNO2. The summed E-state index contributed by atoms with van der Waals surface area (Å²) in [4.78, 5) is 10.5. The minimum Gasteiger partial charge on any atom is -0.480 e. The van der Waals surface area contributed by atoms with Crippen LogP contribution in [0.5, 0.6) is 0 Å². The molecule has 15 heavy (non-hydrogen) atoms. The first-order chi connectivity index (χ1) is 6.91. The van der Waals surface area contributed by atoms with Crippen molar-refractivity contribution in [3.8, 4) is 0 Å². The predicted molar refractivity (Wildman–Crippen MR) is 58.4 cm³/mol. The average molecular weight is 297 g/mol. The van der Waals surface area contributed by atoms with Crippen LogP contribution in [0.25, 0.3) is 0 Å². The molecule has 1 aromatic rings. The van der Waals surface area contributed by atoms with Gasteiger partial charge in [0.1, 0.15) is 11.9 Å². The molecule has 0 saturated carbocycles. The van der Waals surface area contributed by atoms with Gasteiger partial charge in [-0.3, -0.25) is 4.79 Å². The van der Waals surface area contributed by atoms with Gasteiger partial charge in [0, 0.05) is 5.02 Å². The van der Waals surface area contributed by atoms with Crippen molar-refractivity contribution in [1.82, 2.24) is 0 Å². The highest BCUT2D eigenvalue weighted by molar-refractivity contribution is 9.10. The van der Waals surface area contributed by atoms with Gasteiger partial charge in [-0.25, -0.2) is 4.39 Å². The Kier molecular flexibility index (Phi) is 4.07. The maximum Gasteiger partial charge on any atom is 0.320 e. The molecule has 0 aromatic heterocycles. The van der Waals surface area contributed by atoms with Crippen molar-refractivity contribution < 1.29 is 14.3 Å². The third kappa shape index (κ3) is 3.15. The SMILES string of the molecule is NC(Cc1cc(Br)c(F)cc1Cl)C(=O)O. The lowest BCUT2D eigenvalue weighted by atomic mass is 10.1. The normalized spacial score (nSPS) is 12.5. The Morgan fingerprint density at radius 3 is 2.80 bits per heavy atom. The monoisotopic (exact) mass is 295 g/mol. The largest absolute Gasteiger partial charge is 0.480 e. The Morgan fingerprint density at radius 1 is 1.67 bits per heavy atom. The zero-order chi connectivity index (χ0) is 11.6.